The molecule has 0 bridgehead atoms. The smallest absolute Gasteiger partial charge is 0.0302 e. The summed E-state index contributed by atoms with van der Waals surface area (Å²) in [4.78, 5) is 0. The van der Waals surface area contributed by atoms with Crippen molar-refractivity contribution >= 4 is 16.1 Å². The molecule has 1 N–H and O–H groups in total. The van der Waals surface area contributed by atoms with E-state index in [1.54, 1.807) is 0 Å². The van der Waals surface area contributed by atoms with Gasteiger partial charge in [-0.2, -0.15) is 0 Å². The summed E-state index contributed by atoms with van der Waals surface area (Å²) >= 11 is 3.45. The minimum absolute atomic E-state index is 0.642. The Balaban J connectivity index is 2.28. The van der Waals surface area contributed by atoms with Crippen molar-refractivity contribution in [1.29, 1.82) is 0 Å². The SMILES string of the molecule is C[C@@H]1CNCCN1Br. The van der Waals surface area contributed by atoms with E-state index >= 15 is 0 Å². The number of rotatable bonds is 0. The monoisotopic (exact) mass is 178 g/mol. The van der Waals surface area contributed by atoms with Gasteiger partial charge in [-0.25, -0.2) is 3.93 Å². The van der Waals surface area contributed by atoms with Crippen LogP contribution in [0.25, 0.3) is 0 Å². The second-order valence-electron chi connectivity index (χ2n) is 2.18. The molecule has 0 aromatic heterocycles. The fraction of sp³-hybridized carbons (Fsp3) is 1.00. The molecule has 1 fully saturated rings. The van der Waals surface area contributed by atoms with Gasteiger partial charge in [0.25, 0.3) is 0 Å². The molecular formula is C5H11BrN2. The zero-order valence-corrected chi connectivity index (χ0v) is 6.61. The zero-order chi connectivity index (χ0) is 5.98. The van der Waals surface area contributed by atoms with Gasteiger partial charge in [-0.05, 0) is 6.92 Å². The van der Waals surface area contributed by atoms with Gasteiger partial charge in [-0.1, -0.05) is 0 Å². The molecule has 0 aliphatic carbocycles. The van der Waals surface area contributed by atoms with Crippen molar-refractivity contribution in [2.75, 3.05) is 19.6 Å². The van der Waals surface area contributed by atoms with Crippen LogP contribution in [0.4, 0.5) is 0 Å². The van der Waals surface area contributed by atoms with Crippen LogP contribution in [0.1, 0.15) is 6.92 Å². The highest BCUT2D eigenvalue weighted by molar-refractivity contribution is 9.07. The second-order valence-corrected chi connectivity index (χ2v) is 3.09. The van der Waals surface area contributed by atoms with Gasteiger partial charge in [0.15, 0.2) is 0 Å². The van der Waals surface area contributed by atoms with Crippen LogP contribution in [0.5, 0.6) is 0 Å². The first-order chi connectivity index (χ1) is 3.80. The van der Waals surface area contributed by atoms with Crippen LogP contribution in [0.3, 0.4) is 0 Å². The molecule has 1 rings (SSSR count). The van der Waals surface area contributed by atoms with E-state index < -0.39 is 0 Å². The molecule has 1 aliphatic rings. The predicted octanol–water partition coefficient (Wildman–Crippen LogP) is 0.590. The Morgan fingerprint density at radius 2 is 2.50 bits per heavy atom. The molecule has 0 radical (unpaired) electrons. The first-order valence-corrected chi connectivity index (χ1v) is 3.65. The average Bonchev–Trinajstić information content (AvgIpc) is 1.77. The fourth-order valence-electron chi connectivity index (χ4n) is 0.816. The third kappa shape index (κ3) is 1.44. The quantitative estimate of drug-likeness (QED) is 0.547. The van der Waals surface area contributed by atoms with Crippen LogP contribution in [0.15, 0.2) is 0 Å². The predicted molar refractivity (Wildman–Crippen MR) is 38.0 cm³/mol. The summed E-state index contributed by atoms with van der Waals surface area (Å²) in [6, 6.07) is 0.642. The Kier molecular flexibility index (Phi) is 2.28. The van der Waals surface area contributed by atoms with Gasteiger partial charge < -0.3 is 5.32 Å². The molecule has 0 saturated carbocycles. The van der Waals surface area contributed by atoms with Crippen LogP contribution in [0.2, 0.25) is 0 Å². The van der Waals surface area contributed by atoms with Gasteiger partial charge in [0.2, 0.25) is 0 Å². The minimum atomic E-state index is 0.642. The summed E-state index contributed by atoms with van der Waals surface area (Å²) in [6.07, 6.45) is 0. The molecule has 0 unspecified atom stereocenters. The molecule has 0 aromatic carbocycles. The van der Waals surface area contributed by atoms with Crippen molar-refractivity contribution in [3.63, 3.8) is 0 Å². The number of halogens is 1. The van der Waals surface area contributed by atoms with Crippen LogP contribution in [0, 0.1) is 0 Å². The van der Waals surface area contributed by atoms with E-state index in [2.05, 4.69) is 32.3 Å². The summed E-state index contributed by atoms with van der Waals surface area (Å²) in [7, 11) is 0. The maximum atomic E-state index is 3.45. The van der Waals surface area contributed by atoms with Crippen molar-refractivity contribution in [1.82, 2.24) is 9.24 Å². The van der Waals surface area contributed by atoms with Crippen LogP contribution >= 0.6 is 16.1 Å². The summed E-state index contributed by atoms with van der Waals surface area (Å²) in [5.41, 5.74) is 0. The third-order valence-corrected chi connectivity index (χ3v) is 2.47. The van der Waals surface area contributed by atoms with Gasteiger partial charge in [-0.15, -0.1) is 0 Å². The molecule has 8 heavy (non-hydrogen) atoms. The average molecular weight is 179 g/mol. The molecule has 1 aliphatic heterocycles. The molecule has 0 amide bonds. The highest BCUT2D eigenvalue weighted by Gasteiger charge is 2.13. The molecule has 1 saturated heterocycles. The number of nitrogens with zero attached hydrogens (tertiary/aromatic N) is 1. The number of hydrogen-bond donors (Lipinski definition) is 1. The summed E-state index contributed by atoms with van der Waals surface area (Å²) in [5, 5.41) is 3.29. The first-order valence-electron chi connectivity index (χ1n) is 2.94. The van der Waals surface area contributed by atoms with Gasteiger partial charge in [-0.3, -0.25) is 0 Å². The number of hydrogen-bond acceptors (Lipinski definition) is 2. The fourth-order valence-corrected chi connectivity index (χ4v) is 1.14. The lowest BCUT2D eigenvalue weighted by Gasteiger charge is -2.27. The maximum absolute atomic E-state index is 3.45. The van der Waals surface area contributed by atoms with Gasteiger partial charge >= 0.3 is 0 Å². The van der Waals surface area contributed by atoms with E-state index in [-0.39, 0.29) is 0 Å². The highest BCUT2D eigenvalue weighted by atomic mass is 79.9. The number of nitrogens with one attached hydrogen (secondary N) is 1. The van der Waals surface area contributed by atoms with Crippen molar-refractivity contribution < 1.29 is 0 Å². The standard InChI is InChI=1S/C5H11BrN2/c1-5-4-7-2-3-8(5)6/h5,7H,2-4H2,1H3/t5-/m1/s1. The Labute approximate surface area is 58.6 Å². The summed E-state index contributed by atoms with van der Waals surface area (Å²) in [6.45, 7) is 5.52. The Morgan fingerprint density at radius 3 is 2.88 bits per heavy atom. The Bertz CT molecular complexity index is 66.8. The molecule has 0 aromatic rings. The van der Waals surface area contributed by atoms with E-state index in [0.717, 1.165) is 19.6 Å². The van der Waals surface area contributed by atoms with Crippen LogP contribution in [-0.4, -0.2) is 29.6 Å². The van der Waals surface area contributed by atoms with Gasteiger partial charge in [0.1, 0.15) is 0 Å². The summed E-state index contributed by atoms with van der Waals surface area (Å²) < 4.78 is 2.18. The number of piperazine rings is 1. The molecular weight excluding hydrogens is 168 g/mol. The van der Waals surface area contributed by atoms with E-state index in [1.807, 2.05) is 0 Å². The van der Waals surface area contributed by atoms with E-state index in [4.69, 9.17) is 0 Å². The van der Waals surface area contributed by atoms with E-state index in [9.17, 15) is 0 Å². The molecule has 3 heteroatoms. The molecule has 0 spiro atoms. The first kappa shape index (κ1) is 6.52. The normalized spacial score (nSPS) is 33.0. The van der Waals surface area contributed by atoms with Crippen molar-refractivity contribution in [2.45, 2.75) is 13.0 Å². The van der Waals surface area contributed by atoms with Crippen molar-refractivity contribution in [2.24, 2.45) is 0 Å². The highest BCUT2D eigenvalue weighted by Crippen LogP contribution is 2.06. The third-order valence-electron chi connectivity index (χ3n) is 1.42. The largest absolute Gasteiger partial charge is 0.314 e. The lowest BCUT2D eigenvalue weighted by atomic mass is 10.3. The molecule has 48 valence electrons. The second kappa shape index (κ2) is 2.80. The Hall–Kier alpha value is 0.400. The van der Waals surface area contributed by atoms with E-state index in [0.29, 0.717) is 6.04 Å². The molecule has 2 nitrogen and oxygen atoms in total. The topological polar surface area (TPSA) is 15.3 Å². The van der Waals surface area contributed by atoms with Gasteiger partial charge in [0.05, 0.1) is 0 Å². The maximum Gasteiger partial charge on any atom is 0.0302 e. The lowest BCUT2D eigenvalue weighted by molar-refractivity contribution is 0.320. The van der Waals surface area contributed by atoms with Crippen LogP contribution < -0.4 is 5.32 Å². The lowest BCUT2D eigenvalue weighted by Crippen LogP contribution is -2.44. The van der Waals surface area contributed by atoms with Crippen LogP contribution in [-0.2, 0) is 0 Å². The van der Waals surface area contributed by atoms with Crippen molar-refractivity contribution in [3.8, 4) is 0 Å². The van der Waals surface area contributed by atoms with Crippen molar-refractivity contribution in [3.05, 3.63) is 0 Å². The minimum Gasteiger partial charge on any atom is -0.314 e. The molecule has 1 heterocycles. The van der Waals surface area contributed by atoms with E-state index in [1.165, 1.54) is 0 Å². The Morgan fingerprint density at radius 1 is 1.75 bits per heavy atom. The molecule has 1 atom stereocenters. The zero-order valence-electron chi connectivity index (χ0n) is 5.02. The van der Waals surface area contributed by atoms with Gasteiger partial charge in [0, 0.05) is 41.8 Å². The summed E-state index contributed by atoms with van der Waals surface area (Å²) in [5.74, 6) is 0.